The Bertz CT molecular complexity index is 509. The van der Waals surface area contributed by atoms with E-state index in [9.17, 15) is 4.79 Å². The summed E-state index contributed by atoms with van der Waals surface area (Å²) in [5.41, 5.74) is 3.64. The number of carbonyl (C=O) groups is 1. The van der Waals surface area contributed by atoms with Crippen molar-refractivity contribution in [3.63, 3.8) is 0 Å². The number of pyridine rings is 1. The molecule has 0 amide bonds. The Morgan fingerprint density at radius 1 is 1.44 bits per heavy atom. The van der Waals surface area contributed by atoms with Crippen LogP contribution in [0.2, 0.25) is 5.02 Å². The van der Waals surface area contributed by atoms with Crippen LogP contribution in [0.25, 0.3) is 5.57 Å². The second-order valence-corrected chi connectivity index (χ2v) is 4.77. The van der Waals surface area contributed by atoms with E-state index in [-0.39, 0.29) is 5.69 Å². The molecule has 0 radical (unpaired) electrons. The maximum Gasteiger partial charge on any atom is 0.358 e. The number of ether oxygens (including phenoxy) is 1. The fourth-order valence-corrected chi connectivity index (χ4v) is 2.38. The van der Waals surface area contributed by atoms with Gasteiger partial charge in [0.25, 0.3) is 0 Å². The van der Waals surface area contributed by atoms with E-state index in [0.717, 1.165) is 25.0 Å². The van der Waals surface area contributed by atoms with Crippen molar-refractivity contribution >= 4 is 23.1 Å². The molecule has 0 unspecified atom stereocenters. The highest BCUT2D eigenvalue weighted by atomic mass is 35.5. The number of nitrogens with zero attached hydrogens (tertiary/aromatic N) is 1. The van der Waals surface area contributed by atoms with Crippen molar-refractivity contribution in [3.8, 4) is 0 Å². The zero-order chi connectivity index (χ0) is 13.1. The molecule has 0 N–H and O–H groups in total. The summed E-state index contributed by atoms with van der Waals surface area (Å²) in [5, 5.41) is 0.341. The van der Waals surface area contributed by atoms with Gasteiger partial charge in [0.15, 0.2) is 5.69 Å². The third-order valence-electron chi connectivity index (χ3n) is 3.12. The molecular formula is C14H16ClNO2. The van der Waals surface area contributed by atoms with Crippen LogP contribution in [-0.2, 0) is 4.74 Å². The van der Waals surface area contributed by atoms with E-state index in [1.807, 2.05) is 6.07 Å². The first-order valence-electron chi connectivity index (χ1n) is 6.16. The van der Waals surface area contributed by atoms with Gasteiger partial charge < -0.3 is 4.74 Å². The van der Waals surface area contributed by atoms with Crippen molar-refractivity contribution in [3.05, 3.63) is 34.1 Å². The van der Waals surface area contributed by atoms with Crippen molar-refractivity contribution < 1.29 is 9.53 Å². The van der Waals surface area contributed by atoms with Gasteiger partial charge in [-0.2, -0.15) is 0 Å². The Morgan fingerprint density at radius 2 is 2.22 bits per heavy atom. The lowest BCUT2D eigenvalue weighted by Gasteiger charge is -2.08. The highest BCUT2D eigenvalue weighted by Gasteiger charge is 2.18. The van der Waals surface area contributed by atoms with Crippen molar-refractivity contribution in [1.82, 2.24) is 4.98 Å². The summed E-state index contributed by atoms with van der Waals surface area (Å²) in [6, 6.07) is 3.59. The van der Waals surface area contributed by atoms with Gasteiger partial charge in [-0.25, -0.2) is 9.78 Å². The Morgan fingerprint density at radius 3 is 2.83 bits per heavy atom. The molecule has 0 aliphatic heterocycles. The smallest absolute Gasteiger partial charge is 0.358 e. The topological polar surface area (TPSA) is 39.2 Å². The van der Waals surface area contributed by atoms with Crippen molar-refractivity contribution in [1.29, 1.82) is 0 Å². The third-order valence-corrected chi connectivity index (χ3v) is 3.42. The molecule has 1 aliphatic rings. The minimum absolute atomic E-state index is 0.211. The molecule has 0 spiro atoms. The summed E-state index contributed by atoms with van der Waals surface area (Å²) in [5.74, 6) is -0.458. The molecule has 1 aromatic heterocycles. The minimum atomic E-state index is -0.458. The first-order valence-corrected chi connectivity index (χ1v) is 6.54. The lowest BCUT2D eigenvalue weighted by Crippen LogP contribution is -2.09. The van der Waals surface area contributed by atoms with E-state index in [1.54, 1.807) is 13.0 Å². The molecule has 0 bridgehead atoms. The Kier molecular flexibility index (Phi) is 4.02. The van der Waals surface area contributed by atoms with Crippen LogP contribution < -0.4 is 0 Å². The molecule has 1 heterocycles. The molecule has 18 heavy (non-hydrogen) atoms. The van der Waals surface area contributed by atoms with E-state index in [2.05, 4.69) is 11.9 Å². The number of hydrogen-bond donors (Lipinski definition) is 0. The lowest BCUT2D eigenvalue weighted by atomic mass is 10.1. The lowest BCUT2D eigenvalue weighted by molar-refractivity contribution is 0.0519. The largest absolute Gasteiger partial charge is 0.461 e. The maximum absolute atomic E-state index is 11.7. The average Bonchev–Trinajstić information content (AvgIpc) is 2.76. The molecule has 0 aromatic carbocycles. The fraction of sp³-hybridized carbons (Fsp3) is 0.429. The zero-order valence-electron chi connectivity index (χ0n) is 10.6. The van der Waals surface area contributed by atoms with Crippen molar-refractivity contribution in [2.24, 2.45) is 0 Å². The van der Waals surface area contributed by atoms with Gasteiger partial charge in [0.05, 0.1) is 17.3 Å². The van der Waals surface area contributed by atoms with E-state index < -0.39 is 5.97 Å². The summed E-state index contributed by atoms with van der Waals surface area (Å²) in [7, 11) is 0. The van der Waals surface area contributed by atoms with E-state index in [4.69, 9.17) is 16.3 Å². The summed E-state index contributed by atoms with van der Waals surface area (Å²) in [4.78, 5) is 16.1. The first-order chi connectivity index (χ1) is 8.63. The highest BCUT2D eigenvalue weighted by Crippen LogP contribution is 2.33. The van der Waals surface area contributed by atoms with Crippen LogP contribution in [0.4, 0.5) is 0 Å². The van der Waals surface area contributed by atoms with E-state index >= 15 is 0 Å². The predicted octanol–water partition coefficient (Wildman–Crippen LogP) is 3.87. The molecule has 96 valence electrons. The van der Waals surface area contributed by atoms with Crippen LogP contribution in [0.5, 0.6) is 0 Å². The van der Waals surface area contributed by atoms with E-state index in [0.29, 0.717) is 11.6 Å². The normalized spacial score (nSPS) is 15.1. The van der Waals surface area contributed by atoms with Crippen LogP contribution >= 0.6 is 11.6 Å². The van der Waals surface area contributed by atoms with Crippen molar-refractivity contribution in [2.75, 3.05) is 6.61 Å². The molecule has 1 aromatic rings. The molecule has 0 fully saturated rings. The van der Waals surface area contributed by atoms with Crippen LogP contribution in [0.1, 0.15) is 49.3 Å². The van der Waals surface area contributed by atoms with Crippen molar-refractivity contribution in [2.45, 2.75) is 33.1 Å². The highest BCUT2D eigenvalue weighted by molar-refractivity contribution is 6.33. The van der Waals surface area contributed by atoms with Gasteiger partial charge in [-0.15, -0.1) is 0 Å². The Labute approximate surface area is 112 Å². The molecule has 2 rings (SSSR count). The van der Waals surface area contributed by atoms with Gasteiger partial charge in [-0.1, -0.05) is 17.2 Å². The molecule has 0 saturated carbocycles. The van der Waals surface area contributed by atoms with Gasteiger partial charge >= 0.3 is 5.97 Å². The van der Waals surface area contributed by atoms with Crippen LogP contribution in [0.3, 0.4) is 0 Å². The summed E-state index contributed by atoms with van der Waals surface area (Å²) < 4.78 is 4.95. The zero-order valence-corrected chi connectivity index (χ0v) is 11.4. The molecule has 0 atom stereocenters. The number of esters is 1. The second kappa shape index (κ2) is 5.53. The third kappa shape index (κ3) is 2.56. The van der Waals surface area contributed by atoms with Crippen LogP contribution in [-0.4, -0.2) is 17.6 Å². The van der Waals surface area contributed by atoms with Gasteiger partial charge in [0.2, 0.25) is 0 Å². The standard InChI is InChI=1S/C14H16ClNO2/c1-3-18-14(17)13-11(15)7-8-12(16-13)10-6-4-5-9(10)2/h7-8H,3-6H2,1-2H3. The molecule has 1 aliphatic carbocycles. The molecular weight excluding hydrogens is 250 g/mol. The first kappa shape index (κ1) is 13.1. The van der Waals surface area contributed by atoms with E-state index in [1.165, 1.54) is 11.1 Å². The van der Waals surface area contributed by atoms with Gasteiger partial charge in [-0.05, 0) is 50.8 Å². The van der Waals surface area contributed by atoms with Gasteiger partial charge in [0, 0.05) is 0 Å². The average molecular weight is 266 g/mol. The molecule has 4 heteroatoms. The Balaban J connectivity index is 2.38. The number of rotatable bonds is 3. The minimum Gasteiger partial charge on any atom is -0.461 e. The second-order valence-electron chi connectivity index (χ2n) is 4.36. The van der Waals surface area contributed by atoms with Gasteiger partial charge in [-0.3, -0.25) is 0 Å². The SMILES string of the molecule is CCOC(=O)c1nc(C2=C(C)CCC2)ccc1Cl. The number of allylic oxidation sites excluding steroid dienone is 2. The number of aromatic nitrogens is 1. The predicted molar refractivity (Wildman–Crippen MR) is 71.6 cm³/mol. The monoisotopic (exact) mass is 265 g/mol. The quantitative estimate of drug-likeness (QED) is 0.779. The maximum atomic E-state index is 11.7. The number of hydrogen-bond acceptors (Lipinski definition) is 3. The Hall–Kier alpha value is -1.35. The summed E-state index contributed by atoms with van der Waals surface area (Å²) in [6.45, 7) is 4.20. The molecule has 3 nitrogen and oxygen atoms in total. The van der Waals surface area contributed by atoms with Crippen LogP contribution in [0.15, 0.2) is 17.7 Å². The summed E-state index contributed by atoms with van der Waals surface area (Å²) >= 11 is 5.99. The van der Waals surface area contributed by atoms with Crippen LogP contribution in [0, 0.1) is 0 Å². The summed E-state index contributed by atoms with van der Waals surface area (Å²) in [6.07, 6.45) is 3.28. The fourth-order valence-electron chi connectivity index (χ4n) is 2.19. The number of carbonyl (C=O) groups excluding carboxylic acids is 1. The molecule has 0 saturated heterocycles. The van der Waals surface area contributed by atoms with Gasteiger partial charge in [0.1, 0.15) is 0 Å². The number of halogens is 1.